The Morgan fingerprint density at radius 2 is 2.00 bits per heavy atom. The first-order valence-electron chi connectivity index (χ1n) is 7.68. The van der Waals surface area contributed by atoms with Crippen molar-refractivity contribution in [2.24, 2.45) is 0 Å². The smallest absolute Gasteiger partial charge is 0.338 e. The van der Waals surface area contributed by atoms with Gasteiger partial charge in [0.1, 0.15) is 18.8 Å². The molecule has 1 aromatic carbocycles. The standard InChI is InChI=1S/C17H22O6/c1-11-13-14(20-3)17(23-11,10-19-2)15(22-13)16(18)21-9-12-7-5-4-6-8-12/h4-8,11,13-15H,9-10H2,1-3H3/t11-,13-,14-,15?,17+/m0/s1. The minimum atomic E-state index is -0.957. The Bertz CT molecular complexity index is 547. The van der Waals surface area contributed by atoms with E-state index >= 15 is 0 Å². The maximum absolute atomic E-state index is 12.5. The van der Waals surface area contributed by atoms with Crippen LogP contribution in [0.25, 0.3) is 0 Å². The number of esters is 1. The lowest BCUT2D eigenvalue weighted by Gasteiger charge is -2.35. The second-order valence-electron chi connectivity index (χ2n) is 5.94. The molecule has 126 valence electrons. The van der Waals surface area contributed by atoms with Crippen LogP contribution in [0.1, 0.15) is 12.5 Å². The monoisotopic (exact) mass is 322 g/mol. The van der Waals surface area contributed by atoms with E-state index in [1.807, 2.05) is 37.3 Å². The zero-order chi connectivity index (χ0) is 16.4. The van der Waals surface area contributed by atoms with Crippen molar-refractivity contribution in [2.45, 2.75) is 43.5 Å². The lowest BCUT2D eigenvalue weighted by molar-refractivity contribution is -0.215. The third kappa shape index (κ3) is 2.76. The SMILES string of the molecule is COC[C@]12O[C@@H](C)[C@H](OC1C(=O)OCc1ccccc1)[C@@H]2OC. The molecule has 2 saturated heterocycles. The molecule has 3 rings (SSSR count). The summed E-state index contributed by atoms with van der Waals surface area (Å²) in [6.45, 7) is 2.30. The van der Waals surface area contributed by atoms with Gasteiger partial charge in [0.05, 0.1) is 12.7 Å². The van der Waals surface area contributed by atoms with E-state index in [2.05, 4.69) is 0 Å². The highest BCUT2D eigenvalue weighted by Crippen LogP contribution is 2.46. The third-order valence-corrected chi connectivity index (χ3v) is 4.45. The molecule has 1 unspecified atom stereocenters. The van der Waals surface area contributed by atoms with Gasteiger partial charge in [-0.3, -0.25) is 0 Å². The first-order valence-corrected chi connectivity index (χ1v) is 7.68. The first-order chi connectivity index (χ1) is 11.1. The molecule has 23 heavy (non-hydrogen) atoms. The van der Waals surface area contributed by atoms with E-state index in [4.69, 9.17) is 23.7 Å². The molecule has 0 N–H and O–H groups in total. The number of carbonyl (C=O) groups excluding carboxylic acids is 1. The summed E-state index contributed by atoms with van der Waals surface area (Å²) in [4.78, 5) is 12.5. The highest BCUT2D eigenvalue weighted by atomic mass is 16.7. The Balaban J connectivity index is 1.73. The number of carbonyl (C=O) groups is 1. The Morgan fingerprint density at radius 1 is 1.26 bits per heavy atom. The average Bonchev–Trinajstić information content (AvgIpc) is 3.01. The summed E-state index contributed by atoms with van der Waals surface area (Å²) in [5.41, 5.74) is -0.0381. The van der Waals surface area contributed by atoms with Crippen LogP contribution in [0, 0.1) is 0 Å². The molecule has 5 atom stereocenters. The van der Waals surface area contributed by atoms with Gasteiger partial charge in [0.15, 0.2) is 11.7 Å². The van der Waals surface area contributed by atoms with E-state index in [-0.39, 0.29) is 31.5 Å². The van der Waals surface area contributed by atoms with Crippen molar-refractivity contribution >= 4 is 5.97 Å². The number of hydrogen-bond acceptors (Lipinski definition) is 6. The summed E-state index contributed by atoms with van der Waals surface area (Å²) < 4.78 is 28.1. The van der Waals surface area contributed by atoms with Crippen LogP contribution in [0.5, 0.6) is 0 Å². The van der Waals surface area contributed by atoms with Crippen LogP contribution in [0.2, 0.25) is 0 Å². The molecule has 0 aromatic heterocycles. The molecule has 2 fully saturated rings. The number of rotatable bonds is 6. The second kappa shape index (κ2) is 6.57. The fraction of sp³-hybridized carbons (Fsp3) is 0.588. The second-order valence-corrected chi connectivity index (χ2v) is 5.94. The largest absolute Gasteiger partial charge is 0.459 e. The molecule has 0 saturated carbocycles. The van der Waals surface area contributed by atoms with Gasteiger partial charge in [0, 0.05) is 14.2 Å². The predicted octanol–water partition coefficient (Wildman–Crippen LogP) is 1.32. The topological polar surface area (TPSA) is 63.2 Å². The van der Waals surface area contributed by atoms with Crippen molar-refractivity contribution in [3.8, 4) is 0 Å². The molecule has 2 aliphatic rings. The van der Waals surface area contributed by atoms with Crippen LogP contribution >= 0.6 is 0 Å². The zero-order valence-electron chi connectivity index (χ0n) is 13.6. The maximum Gasteiger partial charge on any atom is 0.338 e. The molecule has 2 heterocycles. The van der Waals surface area contributed by atoms with Gasteiger partial charge in [-0.1, -0.05) is 30.3 Å². The van der Waals surface area contributed by atoms with Gasteiger partial charge in [0.25, 0.3) is 0 Å². The quantitative estimate of drug-likeness (QED) is 0.736. The van der Waals surface area contributed by atoms with Crippen LogP contribution in [0.4, 0.5) is 0 Å². The van der Waals surface area contributed by atoms with Gasteiger partial charge in [-0.2, -0.15) is 0 Å². The molecule has 1 aromatic rings. The molecule has 6 nitrogen and oxygen atoms in total. The van der Waals surface area contributed by atoms with Crippen molar-refractivity contribution < 1.29 is 28.5 Å². The van der Waals surface area contributed by atoms with Gasteiger partial charge in [-0.15, -0.1) is 0 Å². The summed E-state index contributed by atoms with van der Waals surface area (Å²) in [5.74, 6) is -0.456. The van der Waals surface area contributed by atoms with Crippen molar-refractivity contribution in [2.75, 3.05) is 20.8 Å². The van der Waals surface area contributed by atoms with Crippen LogP contribution in [0.3, 0.4) is 0 Å². The maximum atomic E-state index is 12.5. The highest BCUT2D eigenvalue weighted by molar-refractivity contribution is 5.77. The Labute approximate surface area is 135 Å². The Kier molecular flexibility index (Phi) is 4.68. The molecule has 0 amide bonds. The van der Waals surface area contributed by atoms with Crippen LogP contribution in [-0.4, -0.2) is 56.8 Å². The molecular formula is C17H22O6. The van der Waals surface area contributed by atoms with Crippen molar-refractivity contribution in [3.05, 3.63) is 35.9 Å². The molecule has 2 aliphatic heterocycles. The van der Waals surface area contributed by atoms with Gasteiger partial charge in [-0.25, -0.2) is 4.79 Å². The fourth-order valence-corrected chi connectivity index (χ4v) is 3.48. The summed E-state index contributed by atoms with van der Waals surface area (Å²) in [6, 6.07) is 9.51. The number of hydrogen-bond donors (Lipinski definition) is 0. The van der Waals surface area contributed by atoms with Crippen LogP contribution in [-0.2, 0) is 35.1 Å². The minimum absolute atomic E-state index is 0.159. The van der Waals surface area contributed by atoms with Crippen molar-refractivity contribution in [1.29, 1.82) is 0 Å². The first kappa shape index (κ1) is 16.4. The van der Waals surface area contributed by atoms with E-state index in [0.717, 1.165) is 5.56 Å². The predicted molar refractivity (Wildman–Crippen MR) is 80.9 cm³/mol. The van der Waals surface area contributed by atoms with E-state index in [0.29, 0.717) is 0 Å². The average molecular weight is 322 g/mol. The summed E-state index contributed by atoms with van der Waals surface area (Å²) >= 11 is 0. The normalized spacial score (nSPS) is 35.4. The molecule has 0 aliphatic carbocycles. The summed E-state index contributed by atoms with van der Waals surface area (Å²) in [6.07, 6.45) is -1.67. The molecular weight excluding hydrogens is 300 g/mol. The van der Waals surface area contributed by atoms with E-state index in [1.165, 1.54) is 0 Å². The lowest BCUT2D eigenvalue weighted by atomic mass is 9.93. The summed E-state index contributed by atoms with van der Waals surface area (Å²) in [7, 11) is 3.15. The minimum Gasteiger partial charge on any atom is -0.459 e. The summed E-state index contributed by atoms with van der Waals surface area (Å²) in [5, 5.41) is 0. The molecule has 0 radical (unpaired) electrons. The van der Waals surface area contributed by atoms with E-state index in [1.54, 1.807) is 14.2 Å². The zero-order valence-corrected chi connectivity index (χ0v) is 13.6. The van der Waals surface area contributed by atoms with Gasteiger partial charge in [-0.05, 0) is 12.5 Å². The van der Waals surface area contributed by atoms with Gasteiger partial charge < -0.3 is 23.7 Å². The number of methoxy groups -OCH3 is 2. The Hall–Kier alpha value is -1.47. The van der Waals surface area contributed by atoms with Crippen molar-refractivity contribution in [1.82, 2.24) is 0 Å². The Morgan fingerprint density at radius 3 is 2.65 bits per heavy atom. The molecule has 0 spiro atoms. The van der Waals surface area contributed by atoms with Crippen LogP contribution < -0.4 is 0 Å². The van der Waals surface area contributed by atoms with E-state index < -0.39 is 17.7 Å². The number of fused-ring (bicyclic) bond motifs is 2. The highest BCUT2D eigenvalue weighted by Gasteiger charge is 2.68. The third-order valence-electron chi connectivity index (χ3n) is 4.45. The fourth-order valence-electron chi connectivity index (χ4n) is 3.48. The van der Waals surface area contributed by atoms with Gasteiger partial charge >= 0.3 is 5.97 Å². The number of ether oxygens (including phenoxy) is 5. The lowest BCUT2D eigenvalue weighted by Crippen LogP contribution is -2.55. The van der Waals surface area contributed by atoms with Crippen molar-refractivity contribution in [3.63, 3.8) is 0 Å². The van der Waals surface area contributed by atoms with E-state index in [9.17, 15) is 4.79 Å². The molecule has 2 bridgehead atoms. The van der Waals surface area contributed by atoms with Crippen LogP contribution in [0.15, 0.2) is 30.3 Å². The number of benzene rings is 1. The molecule has 6 heteroatoms. The van der Waals surface area contributed by atoms with Gasteiger partial charge in [0.2, 0.25) is 0 Å².